The summed E-state index contributed by atoms with van der Waals surface area (Å²) >= 11 is 1.47. The molecule has 0 radical (unpaired) electrons. The Hall–Kier alpha value is -3.73. The third-order valence-electron chi connectivity index (χ3n) is 12.1. The van der Waals surface area contributed by atoms with Gasteiger partial charge in [-0.25, -0.2) is 0 Å². The number of hydrogen-bond donors (Lipinski definition) is 0. The molecule has 2 aliphatic heterocycles. The van der Waals surface area contributed by atoms with Crippen LogP contribution in [0.25, 0.3) is 0 Å². The number of thioether (sulfide) groups is 1. The Labute approximate surface area is 353 Å². The molecule has 326 valence electrons. The molecule has 0 saturated carbocycles. The number of aromatic nitrogens is 2. The van der Waals surface area contributed by atoms with Crippen LogP contribution in [-0.2, 0) is 10.8 Å². The molecule has 2 aliphatic rings. The van der Waals surface area contributed by atoms with Crippen molar-refractivity contribution >= 4 is 11.8 Å². The van der Waals surface area contributed by atoms with Crippen LogP contribution in [0.15, 0.2) is 85.5 Å². The summed E-state index contributed by atoms with van der Waals surface area (Å²) in [5.74, 6) is -0.556. The van der Waals surface area contributed by atoms with Gasteiger partial charge >= 0.3 is 12.1 Å². The van der Waals surface area contributed by atoms with Gasteiger partial charge in [-0.2, -0.15) is 33.7 Å². The van der Waals surface area contributed by atoms with Gasteiger partial charge in [0.25, 0.3) is 0 Å². The van der Waals surface area contributed by atoms with Crippen LogP contribution in [0.2, 0.25) is 0 Å². The van der Waals surface area contributed by atoms with Crippen molar-refractivity contribution in [2.24, 2.45) is 0 Å². The maximum Gasteiger partial charge on any atom is 0.453 e. The Morgan fingerprint density at radius 3 is 1.66 bits per heavy atom. The van der Waals surface area contributed by atoms with E-state index in [-0.39, 0.29) is 18.7 Å². The van der Waals surface area contributed by atoms with Crippen LogP contribution in [0.5, 0.6) is 11.5 Å². The fraction of sp³-hybridized carbons (Fsp3) is 0.542. The fourth-order valence-corrected chi connectivity index (χ4v) is 9.14. The molecule has 0 N–H and O–H groups in total. The van der Waals surface area contributed by atoms with Crippen LogP contribution in [0.4, 0.5) is 26.3 Å². The minimum atomic E-state index is -5.44. The van der Waals surface area contributed by atoms with E-state index < -0.39 is 18.5 Å². The SMILES string of the molecule is CF.Cc1ccc2c(c1)OCC(C)(c1ccncc1)C2C.Cc1ccc2c(c1)OC[C@](C)(c1ccncc1)[C@@H]2CCCCCCCCCSCCCC(F)(F)C(F)(F)F.[3HH]. The topological polar surface area (TPSA) is 44.2 Å². The summed E-state index contributed by atoms with van der Waals surface area (Å²) in [5, 5.41) is 0. The highest BCUT2D eigenvalue weighted by Gasteiger charge is 2.56. The number of benzene rings is 2. The van der Waals surface area contributed by atoms with E-state index in [1.165, 1.54) is 58.0 Å². The largest absolute Gasteiger partial charge is 0.492 e. The average molecular weight is 849 g/mol. The maximum absolute atomic E-state index is 12.9. The van der Waals surface area contributed by atoms with Gasteiger partial charge in [-0.05, 0) is 120 Å². The van der Waals surface area contributed by atoms with E-state index in [2.05, 4.69) is 105 Å². The predicted molar refractivity (Wildman–Crippen MR) is 231 cm³/mol. The van der Waals surface area contributed by atoms with Crippen LogP contribution in [-0.4, -0.2) is 54.0 Å². The predicted octanol–water partition coefficient (Wildman–Crippen LogP) is 14.3. The zero-order chi connectivity index (χ0) is 43.1. The van der Waals surface area contributed by atoms with E-state index in [1.807, 2.05) is 24.8 Å². The number of nitrogens with zero attached hydrogens (tertiary/aromatic N) is 2. The highest BCUT2D eigenvalue weighted by atomic mass is 32.2. The van der Waals surface area contributed by atoms with E-state index in [1.54, 1.807) is 0 Å². The maximum atomic E-state index is 12.9. The van der Waals surface area contributed by atoms with Gasteiger partial charge < -0.3 is 9.47 Å². The fourth-order valence-electron chi connectivity index (χ4n) is 8.18. The minimum absolute atomic E-state index is 0. The quantitative estimate of drug-likeness (QED) is 0.0830. The molecule has 0 bridgehead atoms. The summed E-state index contributed by atoms with van der Waals surface area (Å²) in [6.45, 7) is 12.4. The molecule has 4 nitrogen and oxygen atoms in total. The summed E-state index contributed by atoms with van der Waals surface area (Å²) in [5.41, 5.74) is 7.50. The van der Waals surface area contributed by atoms with E-state index in [9.17, 15) is 26.3 Å². The molecule has 4 heterocycles. The normalized spacial score (nSPS) is 21.0. The zero-order valence-electron chi connectivity index (χ0n) is 35.5. The molecule has 6 rings (SSSR count). The summed E-state index contributed by atoms with van der Waals surface area (Å²) in [6, 6.07) is 21.4. The monoisotopic (exact) mass is 848 g/mol. The third kappa shape index (κ3) is 12.6. The lowest BCUT2D eigenvalue weighted by Gasteiger charge is -2.43. The van der Waals surface area contributed by atoms with Gasteiger partial charge in [0.2, 0.25) is 0 Å². The Bertz CT molecular complexity index is 1850. The van der Waals surface area contributed by atoms with Gasteiger partial charge in [0, 0.05) is 49.4 Å². The minimum Gasteiger partial charge on any atom is -0.492 e. The van der Waals surface area contributed by atoms with Crippen LogP contribution in [0.3, 0.4) is 0 Å². The highest BCUT2D eigenvalue weighted by molar-refractivity contribution is 7.99. The van der Waals surface area contributed by atoms with Crippen LogP contribution >= 0.6 is 11.8 Å². The molecule has 4 atom stereocenters. The second kappa shape index (κ2) is 22.2. The Balaban J connectivity index is 0.000000364. The first-order valence-electron chi connectivity index (χ1n) is 20.8. The van der Waals surface area contributed by atoms with Crippen LogP contribution < -0.4 is 9.47 Å². The molecule has 2 aromatic heterocycles. The molecular weight excluding hydrogens is 783 g/mol. The molecule has 0 saturated heterocycles. The summed E-state index contributed by atoms with van der Waals surface area (Å²) in [4.78, 5) is 8.31. The lowest BCUT2D eigenvalue weighted by molar-refractivity contribution is -0.284. The van der Waals surface area contributed by atoms with E-state index in [0.29, 0.717) is 38.0 Å². The number of fused-ring (bicyclic) bond motifs is 2. The number of pyridine rings is 2. The molecule has 2 aromatic carbocycles. The van der Waals surface area contributed by atoms with Crippen molar-refractivity contribution in [2.75, 3.05) is 31.9 Å². The summed E-state index contributed by atoms with van der Waals surface area (Å²) in [6.07, 6.45) is 9.68. The van der Waals surface area contributed by atoms with Gasteiger partial charge in [0.1, 0.15) is 11.5 Å². The molecule has 4 aromatic rings. The van der Waals surface area contributed by atoms with Crippen molar-refractivity contribution in [3.63, 3.8) is 0 Å². The van der Waals surface area contributed by atoms with Crippen molar-refractivity contribution in [1.29, 1.82) is 0 Å². The smallest absolute Gasteiger partial charge is 0.453 e. The number of aryl methyl sites for hydroxylation is 2. The van der Waals surface area contributed by atoms with Crippen LogP contribution in [0.1, 0.15) is 132 Å². The molecule has 59 heavy (non-hydrogen) atoms. The van der Waals surface area contributed by atoms with Gasteiger partial charge in [-0.3, -0.25) is 14.4 Å². The van der Waals surface area contributed by atoms with Gasteiger partial charge in [0.05, 0.1) is 20.4 Å². The number of unbranched alkanes of at least 4 members (excludes halogenated alkanes) is 6. The van der Waals surface area contributed by atoms with Crippen molar-refractivity contribution < 1.29 is 37.2 Å². The molecule has 0 fully saturated rings. The first kappa shape index (κ1) is 47.9. The number of rotatable bonds is 16. The molecule has 2 unspecified atom stereocenters. The van der Waals surface area contributed by atoms with Gasteiger partial charge in [0.15, 0.2) is 0 Å². The van der Waals surface area contributed by atoms with Crippen molar-refractivity contribution in [2.45, 2.75) is 134 Å². The number of hydrogen-bond acceptors (Lipinski definition) is 5. The third-order valence-corrected chi connectivity index (χ3v) is 13.3. The highest BCUT2D eigenvalue weighted by Crippen LogP contribution is 2.49. The zero-order valence-corrected chi connectivity index (χ0v) is 36.3. The lowest BCUT2D eigenvalue weighted by atomic mass is 9.66. The summed E-state index contributed by atoms with van der Waals surface area (Å²) < 4.78 is 84.1. The lowest BCUT2D eigenvalue weighted by Crippen LogP contribution is -2.40. The number of ether oxygens (including phenoxy) is 2. The second-order valence-corrected chi connectivity index (χ2v) is 17.6. The first-order valence-corrected chi connectivity index (χ1v) is 22.0. The molecule has 0 amide bonds. The summed E-state index contributed by atoms with van der Waals surface area (Å²) in [7, 11) is 0.500. The van der Waals surface area contributed by atoms with Gasteiger partial charge in [-0.1, -0.05) is 83.6 Å². The second-order valence-electron chi connectivity index (χ2n) is 16.4. The molecule has 0 spiro atoms. The van der Waals surface area contributed by atoms with Crippen LogP contribution in [0, 0.1) is 13.8 Å². The van der Waals surface area contributed by atoms with E-state index in [4.69, 9.17) is 9.47 Å². The standard InChI is InChI=1S/C30H40F5NOS.C17H19NO.CH3F.H2/c1-23-12-13-25-26(28(2,22-37-27(25)21-23)24-14-17-36-18-15-24)11-8-6-4-3-5-7-9-19-38-20-10-16-29(31,32)30(33,34)35;1-12-4-5-15-13(2)17(3,11-19-16(15)10-12)14-6-8-18-9-7-14;1-2;/h12-15,17-18,21,26H,3-11,16,19-20,22H2,1-2H3;4-10,13H,11H2,1-3H3;1H3;1H/t26-,28-;;;/m1.../s1/i;;;1+2. The average Bonchev–Trinajstić information content (AvgIpc) is 3.23. The van der Waals surface area contributed by atoms with E-state index >= 15 is 0 Å². The van der Waals surface area contributed by atoms with E-state index in [0.717, 1.165) is 55.8 Å². The van der Waals surface area contributed by atoms with Gasteiger partial charge in [-0.15, -0.1) is 0 Å². The van der Waals surface area contributed by atoms with Crippen molar-refractivity contribution in [1.82, 2.24) is 9.97 Å². The molecule has 0 aliphatic carbocycles. The molecular formula is C48H64F6N2O2S. The Kier molecular flexibility index (Phi) is 18.0. The number of halogens is 6. The van der Waals surface area contributed by atoms with Crippen molar-refractivity contribution in [3.05, 3.63) is 119 Å². The van der Waals surface area contributed by atoms with Crippen molar-refractivity contribution in [3.8, 4) is 11.5 Å². The Morgan fingerprint density at radius 2 is 1.10 bits per heavy atom. The first-order chi connectivity index (χ1) is 28.2. The molecule has 11 heteroatoms. The Morgan fingerprint density at radius 1 is 0.644 bits per heavy atom. The number of alkyl halides is 6.